The number of allylic oxidation sites excluding steroid dienone is 2. The van der Waals surface area contributed by atoms with Crippen LogP contribution >= 0.6 is 34.8 Å². The minimum absolute atomic E-state index is 0.0520. The number of nitrogens with two attached hydrogens (primary N) is 1. The number of hydrogen-bond acceptors (Lipinski definition) is 5. The largest absolute Gasteiger partial charge is 0.463 e. The van der Waals surface area contributed by atoms with Crippen LogP contribution in [0.15, 0.2) is 41.0 Å². The van der Waals surface area contributed by atoms with Gasteiger partial charge in [0.05, 0.1) is 24.0 Å². The number of carbonyl (C=O) groups excluding carboxylic acids is 1. The fraction of sp³-hybridized carbons (Fsp3) is 0.250. The van der Waals surface area contributed by atoms with E-state index < -0.39 is 11.9 Å². The zero-order valence-electron chi connectivity index (χ0n) is 12.6. The first-order valence-electron chi connectivity index (χ1n) is 6.93. The Kier molecular flexibility index (Phi) is 6.00. The molecule has 1 atom stereocenters. The maximum absolute atomic E-state index is 12.4. The number of nitrogens with zero attached hydrogens (tertiary/aromatic N) is 1. The monoisotopic (exact) mass is 386 g/mol. The smallest absolute Gasteiger partial charge is 0.338 e. The van der Waals surface area contributed by atoms with Gasteiger partial charge in [0.2, 0.25) is 5.88 Å². The molecule has 1 aliphatic heterocycles. The van der Waals surface area contributed by atoms with Gasteiger partial charge in [-0.1, -0.05) is 29.3 Å². The fourth-order valence-corrected chi connectivity index (χ4v) is 3.11. The Hall–Kier alpha value is -1.87. The van der Waals surface area contributed by atoms with Gasteiger partial charge >= 0.3 is 5.97 Å². The van der Waals surface area contributed by atoms with Crippen LogP contribution < -0.4 is 5.73 Å². The fourth-order valence-electron chi connectivity index (χ4n) is 2.40. The summed E-state index contributed by atoms with van der Waals surface area (Å²) in [6.07, 6.45) is 0. The molecule has 1 aromatic rings. The average molecular weight is 388 g/mol. The maximum Gasteiger partial charge on any atom is 0.338 e. The first-order chi connectivity index (χ1) is 11.4. The average Bonchev–Trinajstić information content (AvgIpc) is 2.54. The summed E-state index contributed by atoms with van der Waals surface area (Å²) in [5.74, 6) is -1.61. The predicted molar refractivity (Wildman–Crippen MR) is 91.5 cm³/mol. The summed E-state index contributed by atoms with van der Waals surface area (Å²) >= 11 is 18.1. The van der Waals surface area contributed by atoms with Gasteiger partial charge in [0.15, 0.2) is 0 Å². The van der Waals surface area contributed by atoms with E-state index in [0.29, 0.717) is 10.6 Å². The van der Waals surface area contributed by atoms with E-state index in [0.717, 1.165) is 0 Å². The van der Waals surface area contributed by atoms with Crippen molar-refractivity contribution in [3.05, 3.63) is 56.6 Å². The molecule has 0 saturated heterocycles. The highest BCUT2D eigenvalue weighted by Crippen LogP contribution is 2.42. The van der Waals surface area contributed by atoms with Gasteiger partial charge in [-0.15, -0.1) is 11.6 Å². The van der Waals surface area contributed by atoms with E-state index >= 15 is 0 Å². The lowest BCUT2D eigenvalue weighted by Crippen LogP contribution is -2.27. The number of rotatable bonds is 4. The van der Waals surface area contributed by atoms with Crippen molar-refractivity contribution in [2.75, 3.05) is 12.5 Å². The van der Waals surface area contributed by atoms with Gasteiger partial charge in [-0.05, 0) is 24.6 Å². The molecular formula is C16H13Cl3N2O3. The van der Waals surface area contributed by atoms with E-state index in [2.05, 4.69) is 0 Å². The van der Waals surface area contributed by atoms with Crippen molar-refractivity contribution in [2.45, 2.75) is 12.8 Å². The predicted octanol–water partition coefficient (Wildman–Crippen LogP) is 3.86. The Morgan fingerprint density at radius 2 is 2.17 bits per heavy atom. The van der Waals surface area contributed by atoms with E-state index in [1.54, 1.807) is 19.1 Å². The molecule has 2 N–H and O–H groups in total. The number of ether oxygens (including phenoxy) is 2. The van der Waals surface area contributed by atoms with Gasteiger partial charge in [-0.25, -0.2) is 4.79 Å². The summed E-state index contributed by atoms with van der Waals surface area (Å²) in [6, 6.07) is 6.71. The second-order valence-electron chi connectivity index (χ2n) is 4.78. The highest BCUT2D eigenvalue weighted by atomic mass is 35.5. The zero-order chi connectivity index (χ0) is 17.9. The standard InChI is InChI=1S/C16H13Cl3N2O3/c1-2-23-16(22)14-12(6-17)24-15(21)10(7-20)13(14)9-4-3-8(18)5-11(9)19/h3-5,13H,2,6,21H2,1H3. The maximum atomic E-state index is 12.4. The molecule has 0 aromatic heterocycles. The van der Waals surface area contributed by atoms with Crippen LogP contribution in [-0.2, 0) is 14.3 Å². The molecule has 0 saturated carbocycles. The molecular weight excluding hydrogens is 375 g/mol. The second kappa shape index (κ2) is 7.80. The van der Waals surface area contributed by atoms with Crippen LogP contribution in [-0.4, -0.2) is 18.5 Å². The van der Waals surface area contributed by atoms with E-state index in [1.807, 2.05) is 6.07 Å². The molecule has 8 heteroatoms. The van der Waals surface area contributed by atoms with Gasteiger partial charge in [0.25, 0.3) is 0 Å². The zero-order valence-corrected chi connectivity index (χ0v) is 14.9. The summed E-state index contributed by atoms with van der Waals surface area (Å²) in [7, 11) is 0. The molecule has 0 aliphatic carbocycles. The van der Waals surface area contributed by atoms with E-state index in [1.165, 1.54) is 6.07 Å². The Morgan fingerprint density at radius 1 is 1.46 bits per heavy atom. The number of esters is 1. The molecule has 2 rings (SSSR count). The normalized spacial score (nSPS) is 17.4. The van der Waals surface area contributed by atoms with Gasteiger partial charge in [-0.2, -0.15) is 5.26 Å². The second-order valence-corrected chi connectivity index (χ2v) is 5.89. The lowest BCUT2D eigenvalue weighted by atomic mass is 9.83. The van der Waals surface area contributed by atoms with Crippen LogP contribution in [0.25, 0.3) is 0 Å². The topological polar surface area (TPSA) is 85.3 Å². The molecule has 1 heterocycles. The van der Waals surface area contributed by atoms with Crippen molar-refractivity contribution >= 4 is 40.8 Å². The number of hydrogen-bond donors (Lipinski definition) is 1. The molecule has 0 bridgehead atoms. The molecule has 0 fully saturated rings. The van der Waals surface area contributed by atoms with Crippen molar-refractivity contribution < 1.29 is 14.3 Å². The highest BCUT2D eigenvalue weighted by molar-refractivity contribution is 6.35. The number of carbonyl (C=O) groups is 1. The van der Waals surface area contributed by atoms with Crippen LogP contribution in [0.1, 0.15) is 18.4 Å². The SMILES string of the molecule is CCOC(=O)C1=C(CCl)OC(N)=C(C#N)C1c1ccc(Cl)cc1Cl. The van der Waals surface area contributed by atoms with Crippen LogP contribution in [0.2, 0.25) is 10.0 Å². The lowest BCUT2D eigenvalue weighted by molar-refractivity contribution is -0.139. The summed E-state index contributed by atoms with van der Waals surface area (Å²) < 4.78 is 10.4. The van der Waals surface area contributed by atoms with E-state index in [4.69, 9.17) is 50.0 Å². The van der Waals surface area contributed by atoms with Gasteiger partial charge in [0.1, 0.15) is 17.4 Å². The first kappa shape index (κ1) is 18.5. The van der Waals surface area contributed by atoms with Crippen molar-refractivity contribution in [3.63, 3.8) is 0 Å². The van der Waals surface area contributed by atoms with Crippen LogP contribution in [0.5, 0.6) is 0 Å². The number of halogens is 3. The summed E-state index contributed by atoms with van der Waals surface area (Å²) in [5.41, 5.74) is 6.45. The molecule has 0 amide bonds. The van der Waals surface area contributed by atoms with Crippen LogP contribution in [0, 0.1) is 11.3 Å². The third-order valence-electron chi connectivity index (χ3n) is 3.39. The Labute approximate surface area is 154 Å². The third-order valence-corrected chi connectivity index (χ3v) is 4.19. The molecule has 126 valence electrons. The molecule has 0 spiro atoms. The van der Waals surface area contributed by atoms with Gasteiger partial charge < -0.3 is 15.2 Å². The van der Waals surface area contributed by atoms with Gasteiger partial charge in [0, 0.05) is 10.0 Å². The molecule has 24 heavy (non-hydrogen) atoms. The van der Waals surface area contributed by atoms with Crippen molar-refractivity contribution in [2.24, 2.45) is 5.73 Å². The number of benzene rings is 1. The third kappa shape index (κ3) is 3.46. The quantitative estimate of drug-likeness (QED) is 0.626. The summed E-state index contributed by atoms with van der Waals surface area (Å²) in [5, 5.41) is 10.2. The molecule has 0 radical (unpaired) electrons. The number of alkyl halides is 1. The molecule has 1 aliphatic rings. The van der Waals surface area contributed by atoms with Crippen LogP contribution in [0.4, 0.5) is 0 Å². The van der Waals surface area contributed by atoms with E-state index in [-0.39, 0.29) is 40.3 Å². The van der Waals surface area contributed by atoms with Crippen molar-refractivity contribution in [1.82, 2.24) is 0 Å². The summed E-state index contributed by atoms with van der Waals surface area (Å²) in [4.78, 5) is 12.4. The van der Waals surface area contributed by atoms with Gasteiger partial charge in [-0.3, -0.25) is 0 Å². The Morgan fingerprint density at radius 3 is 2.71 bits per heavy atom. The molecule has 1 unspecified atom stereocenters. The van der Waals surface area contributed by atoms with Crippen molar-refractivity contribution in [1.29, 1.82) is 5.26 Å². The first-order valence-corrected chi connectivity index (χ1v) is 8.22. The highest BCUT2D eigenvalue weighted by Gasteiger charge is 2.38. The van der Waals surface area contributed by atoms with Crippen LogP contribution in [0.3, 0.4) is 0 Å². The Bertz CT molecular complexity index is 781. The number of nitriles is 1. The molecule has 5 nitrogen and oxygen atoms in total. The van der Waals surface area contributed by atoms with E-state index in [9.17, 15) is 10.1 Å². The minimum atomic E-state index is -0.846. The summed E-state index contributed by atoms with van der Waals surface area (Å²) in [6.45, 7) is 1.82. The van der Waals surface area contributed by atoms with Crippen molar-refractivity contribution in [3.8, 4) is 6.07 Å². The molecule has 1 aromatic carbocycles. The minimum Gasteiger partial charge on any atom is -0.463 e. The Balaban J connectivity index is 2.71. The lowest BCUT2D eigenvalue weighted by Gasteiger charge is -2.28.